The minimum Gasteiger partial charge on any atom is -0.322 e. The van der Waals surface area contributed by atoms with E-state index in [2.05, 4.69) is 70.8 Å². The van der Waals surface area contributed by atoms with E-state index in [-0.39, 0.29) is 0 Å². The topological polar surface area (TPSA) is 91.0 Å². The Labute approximate surface area is 209 Å². The molecule has 0 bridgehead atoms. The van der Waals surface area contributed by atoms with Crippen LogP contribution in [0.25, 0.3) is 0 Å². The normalized spacial score (nSPS) is 14.1. The molecular weight excluding hydrogens is 478 g/mol. The van der Waals surface area contributed by atoms with Gasteiger partial charge in [-0.3, -0.25) is 0 Å². The number of nitrogens with zero attached hydrogens (tertiary/aromatic N) is 3. The molecule has 1 N–H and O–H groups in total. The summed E-state index contributed by atoms with van der Waals surface area (Å²) in [6.45, 7) is 19.2. The number of thioether (sulfide) groups is 1. The molecule has 0 aromatic carbocycles. The molecule has 11 heteroatoms. The van der Waals surface area contributed by atoms with E-state index in [0.717, 1.165) is 11.5 Å². The third-order valence-corrected chi connectivity index (χ3v) is 9.36. The Morgan fingerprint density at radius 2 is 1.15 bits per heavy atom. The van der Waals surface area contributed by atoms with E-state index in [9.17, 15) is 0 Å². The smallest absolute Gasteiger partial charge is 0.259 e. The minimum atomic E-state index is -1.19. The Hall–Kier alpha value is 0.130. The summed E-state index contributed by atoms with van der Waals surface area (Å²) >= 11 is 1.79. The molecule has 0 saturated heterocycles. The van der Waals surface area contributed by atoms with Crippen LogP contribution in [0.1, 0.15) is 68.2 Å². The van der Waals surface area contributed by atoms with Gasteiger partial charge < -0.3 is 23.5 Å². The lowest BCUT2D eigenvalue weighted by Gasteiger charge is -2.35. The first kappa shape index (κ1) is 33.1. The van der Waals surface area contributed by atoms with Gasteiger partial charge in [-0.25, -0.2) is 9.34 Å². The lowest BCUT2D eigenvalue weighted by atomic mass is 10.3. The van der Waals surface area contributed by atoms with Gasteiger partial charge in [0.2, 0.25) is 0 Å². The fourth-order valence-electron chi connectivity index (χ4n) is 3.10. The molecule has 0 aliphatic heterocycles. The largest absolute Gasteiger partial charge is 0.322 e. The highest BCUT2D eigenvalue weighted by Crippen LogP contribution is 2.47. The van der Waals surface area contributed by atoms with E-state index in [1.807, 2.05) is 0 Å². The first-order valence-corrected chi connectivity index (χ1v) is 15.2. The van der Waals surface area contributed by atoms with Gasteiger partial charge in [0, 0.05) is 42.1 Å². The molecule has 0 aromatic rings. The van der Waals surface area contributed by atoms with Gasteiger partial charge in [0.15, 0.2) is 0 Å². The highest BCUT2D eigenvalue weighted by Gasteiger charge is 2.28. The molecule has 0 heterocycles. The number of hydrogen-bond acceptors (Lipinski definition) is 9. The molecule has 2 atom stereocenters. The van der Waals surface area contributed by atoms with Crippen LogP contribution in [-0.4, -0.2) is 77.7 Å². The van der Waals surface area contributed by atoms with Crippen LogP contribution >= 0.6 is 28.8 Å². The molecule has 0 aliphatic carbocycles. The molecule has 0 aliphatic rings. The predicted molar refractivity (Wildman–Crippen MR) is 143 cm³/mol. The monoisotopic (exact) mass is 524 g/mol. The summed E-state index contributed by atoms with van der Waals surface area (Å²) in [7, 11) is -2.33. The van der Waals surface area contributed by atoms with Gasteiger partial charge in [-0.1, -0.05) is 0 Å². The maximum atomic E-state index is 8.81. The van der Waals surface area contributed by atoms with E-state index in [1.165, 1.54) is 6.21 Å². The Kier molecular flexibility index (Phi) is 20.4. The highest BCUT2D eigenvalue weighted by atomic mass is 32.2. The Morgan fingerprint density at radius 1 is 0.758 bits per heavy atom. The third-order valence-electron chi connectivity index (χ3n) is 4.23. The van der Waals surface area contributed by atoms with E-state index >= 15 is 0 Å². The molecule has 0 amide bonds. The molecular formula is C22H46N4O4P2S. The van der Waals surface area contributed by atoms with Crippen LogP contribution < -0.4 is 0 Å². The van der Waals surface area contributed by atoms with Crippen LogP contribution in [0.15, 0.2) is 0 Å². The molecule has 0 fully saturated rings. The number of rotatable bonds is 21. The second-order valence-electron chi connectivity index (χ2n) is 8.46. The summed E-state index contributed by atoms with van der Waals surface area (Å²) in [5.74, 6) is 1.70. The van der Waals surface area contributed by atoms with Gasteiger partial charge in [-0.2, -0.15) is 17.0 Å². The van der Waals surface area contributed by atoms with E-state index < -0.39 is 17.1 Å². The Morgan fingerprint density at radius 3 is 1.52 bits per heavy atom. The fraction of sp³-hybridized carbons (Fsp3) is 0.909. The number of hydrogen-bond donors (Lipinski definition) is 1. The first-order valence-electron chi connectivity index (χ1n) is 11.8. The van der Waals surface area contributed by atoms with Gasteiger partial charge in [0.1, 0.15) is 0 Å². The van der Waals surface area contributed by atoms with E-state index in [4.69, 9.17) is 28.8 Å². The SMILES string of the molecule is CC(C)N(C(C)C)P(OCCC#N)OCCSCCOP(OCCC=N)N(C(C)C)C(C)C. The van der Waals surface area contributed by atoms with Crippen LogP contribution in [-0.2, 0) is 18.1 Å². The maximum Gasteiger partial charge on any atom is 0.259 e. The van der Waals surface area contributed by atoms with Crippen molar-refractivity contribution in [2.45, 2.75) is 92.4 Å². The molecule has 0 aromatic heterocycles. The van der Waals surface area contributed by atoms with Crippen molar-refractivity contribution in [3.05, 3.63) is 0 Å². The zero-order chi connectivity index (χ0) is 25.2. The average Bonchev–Trinajstić information content (AvgIpc) is 2.71. The third kappa shape index (κ3) is 15.0. The zero-order valence-corrected chi connectivity index (χ0v) is 24.4. The molecule has 2 unspecified atom stereocenters. The predicted octanol–water partition coefficient (Wildman–Crippen LogP) is 6.43. The lowest BCUT2D eigenvalue weighted by molar-refractivity contribution is 0.182. The zero-order valence-electron chi connectivity index (χ0n) is 21.8. The quantitative estimate of drug-likeness (QED) is 0.104. The van der Waals surface area contributed by atoms with Gasteiger partial charge in [0.05, 0.1) is 38.9 Å². The van der Waals surface area contributed by atoms with Crippen LogP contribution in [0.3, 0.4) is 0 Å². The molecule has 0 spiro atoms. The molecule has 0 radical (unpaired) electrons. The summed E-state index contributed by atoms with van der Waals surface area (Å²) in [6.07, 6.45) is 2.34. The number of nitrogens with one attached hydrogen (secondary N) is 1. The van der Waals surface area contributed by atoms with Crippen molar-refractivity contribution >= 4 is 35.0 Å². The van der Waals surface area contributed by atoms with Crippen LogP contribution in [0.5, 0.6) is 0 Å². The number of nitriles is 1. The van der Waals surface area contributed by atoms with E-state index in [1.54, 1.807) is 11.8 Å². The fourth-order valence-corrected chi connectivity index (χ4v) is 7.15. The molecule has 8 nitrogen and oxygen atoms in total. The Bertz CT molecular complexity index is 523. The standard InChI is InChI=1S/C22H46N4O4P2S/c1-19(2)25(20(3)4)31(27-13-9-11-23)29-15-17-33-18-16-30-32(28-14-10-12-24)26(21(5)6)22(7)8/h11,19-23H,9-10,13-18H2,1-8H3. The van der Waals surface area contributed by atoms with Gasteiger partial charge >= 0.3 is 0 Å². The van der Waals surface area contributed by atoms with Gasteiger partial charge in [-0.15, -0.1) is 0 Å². The lowest BCUT2D eigenvalue weighted by Crippen LogP contribution is -2.34. The van der Waals surface area contributed by atoms with Crippen molar-refractivity contribution in [2.24, 2.45) is 0 Å². The maximum absolute atomic E-state index is 8.81. The second kappa shape index (κ2) is 20.3. The van der Waals surface area contributed by atoms with Crippen molar-refractivity contribution in [2.75, 3.05) is 37.9 Å². The second-order valence-corrected chi connectivity index (χ2v) is 12.6. The van der Waals surface area contributed by atoms with Crippen LogP contribution in [0.4, 0.5) is 0 Å². The van der Waals surface area contributed by atoms with Crippen molar-refractivity contribution < 1.29 is 18.1 Å². The Balaban J connectivity index is 4.54. The summed E-state index contributed by atoms with van der Waals surface area (Å²) < 4.78 is 28.7. The van der Waals surface area contributed by atoms with Gasteiger partial charge in [0.25, 0.3) is 17.1 Å². The molecule has 33 heavy (non-hydrogen) atoms. The summed E-state index contributed by atoms with van der Waals surface area (Å²) in [4.78, 5) is 0. The summed E-state index contributed by atoms with van der Waals surface area (Å²) in [5, 5.41) is 16.0. The molecule has 194 valence electrons. The minimum absolute atomic E-state index is 0.302. The van der Waals surface area contributed by atoms with E-state index in [0.29, 0.717) is 63.4 Å². The summed E-state index contributed by atoms with van der Waals surface area (Å²) in [5.41, 5.74) is 0. The van der Waals surface area contributed by atoms with Crippen molar-refractivity contribution in [1.29, 1.82) is 10.7 Å². The molecule has 0 rings (SSSR count). The van der Waals surface area contributed by atoms with Gasteiger partial charge in [-0.05, 0) is 61.6 Å². The van der Waals surface area contributed by atoms with Crippen LogP contribution in [0.2, 0.25) is 0 Å². The van der Waals surface area contributed by atoms with Crippen molar-refractivity contribution in [3.8, 4) is 6.07 Å². The van der Waals surface area contributed by atoms with Crippen LogP contribution in [0, 0.1) is 16.7 Å². The van der Waals surface area contributed by atoms with Crippen molar-refractivity contribution in [3.63, 3.8) is 0 Å². The summed E-state index contributed by atoms with van der Waals surface area (Å²) in [6, 6.07) is 3.37. The molecule has 0 saturated carbocycles. The first-order chi connectivity index (χ1) is 15.7. The van der Waals surface area contributed by atoms with Crippen molar-refractivity contribution in [1.82, 2.24) is 9.34 Å². The highest BCUT2D eigenvalue weighted by molar-refractivity contribution is 7.99. The average molecular weight is 525 g/mol.